The van der Waals surface area contributed by atoms with Gasteiger partial charge in [-0.2, -0.15) is 8.78 Å². The Labute approximate surface area is 180 Å². The normalized spacial score (nSPS) is 18.4. The summed E-state index contributed by atoms with van der Waals surface area (Å²) < 4.78 is 42.4. The fourth-order valence-corrected chi connectivity index (χ4v) is 3.87. The maximum Gasteiger partial charge on any atom is 0.352 e. The first-order valence-electron chi connectivity index (χ1n) is 9.86. The first-order valence-corrected chi connectivity index (χ1v) is 9.86. The molecule has 1 saturated heterocycles. The van der Waals surface area contributed by atoms with E-state index in [1.807, 2.05) is 0 Å². The zero-order valence-electron chi connectivity index (χ0n) is 16.7. The second kappa shape index (κ2) is 8.10. The largest absolute Gasteiger partial charge is 0.352 e. The molecular weight excluding hydrogens is 427 g/mol. The van der Waals surface area contributed by atoms with Crippen LogP contribution in [-0.2, 0) is 33.4 Å². The van der Waals surface area contributed by atoms with Crippen molar-refractivity contribution in [3.8, 4) is 0 Å². The molecule has 2 heterocycles. The molecular formula is C22H18F3N3O4. The summed E-state index contributed by atoms with van der Waals surface area (Å²) in [4.78, 5) is 49.5. The lowest BCUT2D eigenvalue weighted by Gasteiger charge is -2.29. The SMILES string of the molecule is O=C1CCC(N2Cc3cc(CNC(=O)C(F)(F)c4ccccc4F)ccc3C2=O)C(=O)N1. The molecule has 4 amide bonds. The predicted octanol–water partition coefficient (Wildman–Crippen LogP) is 1.99. The van der Waals surface area contributed by atoms with Crippen LogP contribution < -0.4 is 10.6 Å². The summed E-state index contributed by atoms with van der Waals surface area (Å²) in [5.41, 5.74) is 0.380. The molecule has 1 atom stereocenters. The average Bonchev–Trinajstić information content (AvgIpc) is 3.07. The van der Waals surface area contributed by atoms with Crippen molar-refractivity contribution in [2.45, 2.75) is 37.9 Å². The Morgan fingerprint density at radius 2 is 1.91 bits per heavy atom. The van der Waals surface area contributed by atoms with Crippen LogP contribution in [0.25, 0.3) is 0 Å². The quantitative estimate of drug-likeness (QED) is 0.689. The summed E-state index contributed by atoms with van der Waals surface area (Å²) >= 11 is 0. The van der Waals surface area contributed by atoms with Crippen molar-refractivity contribution in [3.05, 3.63) is 70.5 Å². The molecule has 0 radical (unpaired) electrons. The predicted molar refractivity (Wildman–Crippen MR) is 105 cm³/mol. The van der Waals surface area contributed by atoms with E-state index in [0.717, 1.165) is 12.1 Å². The van der Waals surface area contributed by atoms with Crippen LogP contribution in [0.1, 0.15) is 39.9 Å². The molecule has 166 valence electrons. The molecule has 1 fully saturated rings. The van der Waals surface area contributed by atoms with E-state index in [1.165, 1.54) is 29.2 Å². The second-order valence-corrected chi connectivity index (χ2v) is 7.63. The summed E-state index contributed by atoms with van der Waals surface area (Å²) in [5, 5.41) is 4.31. The van der Waals surface area contributed by atoms with Crippen molar-refractivity contribution in [1.82, 2.24) is 15.5 Å². The Morgan fingerprint density at radius 1 is 1.16 bits per heavy atom. The number of carbonyl (C=O) groups excluding carboxylic acids is 4. The number of amides is 4. The molecule has 2 aromatic carbocycles. The number of imide groups is 1. The Morgan fingerprint density at radius 3 is 2.62 bits per heavy atom. The number of hydrogen-bond donors (Lipinski definition) is 2. The van der Waals surface area contributed by atoms with Gasteiger partial charge in [-0.3, -0.25) is 24.5 Å². The lowest BCUT2D eigenvalue weighted by molar-refractivity contribution is -0.147. The maximum atomic E-state index is 14.3. The number of alkyl halides is 2. The lowest BCUT2D eigenvalue weighted by Crippen LogP contribution is -2.52. The van der Waals surface area contributed by atoms with Crippen LogP contribution in [0.15, 0.2) is 42.5 Å². The number of nitrogens with one attached hydrogen (secondary N) is 2. The van der Waals surface area contributed by atoms with Gasteiger partial charge in [0.15, 0.2) is 0 Å². The summed E-state index contributed by atoms with van der Waals surface area (Å²) in [7, 11) is 0. The third-order valence-electron chi connectivity index (χ3n) is 5.54. The first-order chi connectivity index (χ1) is 15.2. The van der Waals surface area contributed by atoms with Gasteiger partial charge in [0.05, 0.1) is 5.56 Å². The van der Waals surface area contributed by atoms with Crippen molar-refractivity contribution in [2.75, 3.05) is 0 Å². The molecule has 2 N–H and O–H groups in total. The van der Waals surface area contributed by atoms with Crippen molar-refractivity contribution in [2.24, 2.45) is 0 Å². The molecule has 0 aromatic heterocycles. The average molecular weight is 445 g/mol. The number of benzene rings is 2. The molecule has 2 aliphatic rings. The Hall–Kier alpha value is -3.69. The smallest absolute Gasteiger partial charge is 0.346 e. The van der Waals surface area contributed by atoms with Crippen LogP contribution in [0.5, 0.6) is 0 Å². The van der Waals surface area contributed by atoms with Gasteiger partial charge in [0.25, 0.3) is 11.8 Å². The van der Waals surface area contributed by atoms with Gasteiger partial charge in [-0.25, -0.2) is 4.39 Å². The van der Waals surface area contributed by atoms with Gasteiger partial charge in [0.1, 0.15) is 11.9 Å². The fraction of sp³-hybridized carbons (Fsp3) is 0.273. The van der Waals surface area contributed by atoms with Gasteiger partial charge in [-0.05, 0) is 35.7 Å². The van der Waals surface area contributed by atoms with Gasteiger partial charge in [-0.15, -0.1) is 0 Å². The van der Waals surface area contributed by atoms with Crippen molar-refractivity contribution < 1.29 is 32.3 Å². The van der Waals surface area contributed by atoms with Crippen molar-refractivity contribution in [1.29, 1.82) is 0 Å². The molecule has 7 nitrogen and oxygen atoms in total. The summed E-state index contributed by atoms with van der Waals surface area (Å²) in [5.74, 6) is -8.18. The number of hydrogen-bond acceptors (Lipinski definition) is 4. The molecule has 0 aliphatic carbocycles. The number of nitrogens with zero attached hydrogens (tertiary/aromatic N) is 1. The first kappa shape index (κ1) is 21.5. The van der Waals surface area contributed by atoms with Crippen LogP contribution in [0, 0.1) is 5.82 Å². The standard InChI is InChI=1S/C22H18F3N3O4/c23-16-4-2-1-3-15(16)22(24,25)21(32)26-10-12-5-6-14-13(9-12)11-28(20(14)31)17-7-8-18(29)27-19(17)30/h1-6,9,17H,7-8,10-11H2,(H,26,32)(H,27,29,30). The highest BCUT2D eigenvalue weighted by Gasteiger charge is 2.43. The highest BCUT2D eigenvalue weighted by molar-refractivity contribution is 6.05. The summed E-state index contributed by atoms with van der Waals surface area (Å²) in [6, 6.07) is 7.98. The molecule has 2 aromatic rings. The minimum Gasteiger partial charge on any atom is -0.346 e. The summed E-state index contributed by atoms with van der Waals surface area (Å²) in [6.45, 7) is -0.142. The molecule has 2 aliphatic heterocycles. The van der Waals surface area contributed by atoms with Crippen LogP contribution in [0.4, 0.5) is 13.2 Å². The Balaban J connectivity index is 1.44. The zero-order chi connectivity index (χ0) is 23.0. The van der Waals surface area contributed by atoms with Crippen molar-refractivity contribution in [3.63, 3.8) is 0 Å². The minimum atomic E-state index is -4.05. The molecule has 4 rings (SSSR count). The minimum absolute atomic E-state index is 0.119. The molecule has 10 heteroatoms. The van der Waals surface area contributed by atoms with Crippen LogP contribution in [-0.4, -0.2) is 34.6 Å². The van der Waals surface area contributed by atoms with Gasteiger partial charge >= 0.3 is 5.92 Å². The number of rotatable bonds is 5. The number of halogens is 3. The monoisotopic (exact) mass is 445 g/mol. The topological polar surface area (TPSA) is 95.6 Å². The maximum absolute atomic E-state index is 14.3. The highest BCUT2D eigenvalue weighted by atomic mass is 19.3. The van der Waals surface area contributed by atoms with Crippen LogP contribution in [0.2, 0.25) is 0 Å². The van der Waals surface area contributed by atoms with E-state index in [4.69, 9.17) is 0 Å². The van der Waals surface area contributed by atoms with E-state index in [-0.39, 0.29) is 37.7 Å². The van der Waals surface area contributed by atoms with E-state index in [0.29, 0.717) is 16.7 Å². The fourth-order valence-electron chi connectivity index (χ4n) is 3.87. The second-order valence-electron chi connectivity index (χ2n) is 7.63. The van der Waals surface area contributed by atoms with Gasteiger partial charge < -0.3 is 10.2 Å². The highest BCUT2D eigenvalue weighted by Crippen LogP contribution is 2.31. The van der Waals surface area contributed by atoms with Gasteiger partial charge in [-0.1, -0.05) is 24.3 Å². The molecule has 32 heavy (non-hydrogen) atoms. The number of carbonyl (C=O) groups is 4. The van der Waals surface area contributed by atoms with Crippen LogP contribution in [0.3, 0.4) is 0 Å². The molecule has 0 bridgehead atoms. The van der Waals surface area contributed by atoms with Crippen molar-refractivity contribution >= 4 is 23.6 Å². The van der Waals surface area contributed by atoms with E-state index in [9.17, 15) is 32.3 Å². The van der Waals surface area contributed by atoms with E-state index in [2.05, 4.69) is 10.6 Å². The third-order valence-corrected chi connectivity index (χ3v) is 5.54. The molecule has 1 unspecified atom stereocenters. The summed E-state index contributed by atoms with van der Waals surface area (Å²) in [6.07, 6.45) is 0.350. The lowest BCUT2D eigenvalue weighted by atomic mass is 10.0. The van der Waals surface area contributed by atoms with Gasteiger partial charge in [0, 0.05) is 25.1 Å². The zero-order valence-corrected chi connectivity index (χ0v) is 16.7. The van der Waals surface area contributed by atoms with E-state index >= 15 is 0 Å². The number of piperidine rings is 1. The molecule has 0 spiro atoms. The van der Waals surface area contributed by atoms with Crippen LogP contribution >= 0.6 is 0 Å². The Kier molecular flexibility index (Phi) is 5.45. The third kappa shape index (κ3) is 3.83. The Bertz CT molecular complexity index is 1140. The van der Waals surface area contributed by atoms with Gasteiger partial charge in [0.2, 0.25) is 11.8 Å². The van der Waals surface area contributed by atoms with E-state index < -0.39 is 35.2 Å². The molecule has 0 saturated carbocycles. The number of fused-ring (bicyclic) bond motifs is 1. The van der Waals surface area contributed by atoms with E-state index in [1.54, 1.807) is 6.07 Å².